The number of carboxylic acid groups (broad SMARTS) is 1. The minimum absolute atomic E-state index is 0.00971. The topological polar surface area (TPSA) is 80.8 Å². The summed E-state index contributed by atoms with van der Waals surface area (Å²) in [5.41, 5.74) is 1.16. The Morgan fingerprint density at radius 2 is 1.56 bits per heavy atom. The number of nitrogens with zero attached hydrogens (tertiary/aromatic N) is 2. The third kappa shape index (κ3) is 2.35. The zero-order chi connectivity index (χ0) is 18.7. The van der Waals surface area contributed by atoms with E-state index < -0.39 is 5.97 Å². The molecule has 6 heteroatoms. The van der Waals surface area contributed by atoms with Gasteiger partial charge in [-0.05, 0) is 55.2 Å². The van der Waals surface area contributed by atoms with Crippen molar-refractivity contribution in [3.63, 3.8) is 0 Å². The molecule has 0 unspecified atom stereocenters. The molecule has 4 atom stereocenters. The third-order valence-corrected chi connectivity index (χ3v) is 6.62. The Bertz CT molecular complexity index is 841. The molecule has 3 fully saturated rings. The van der Waals surface area contributed by atoms with E-state index in [0.717, 1.165) is 44.5 Å². The minimum atomic E-state index is -1.30. The number of rotatable bonds is 3. The Hall–Kier alpha value is -2.63. The third-order valence-electron chi connectivity index (χ3n) is 6.62. The second-order valence-electron chi connectivity index (χ2n) is 8.05. The first kappa shape index (κ1) is 16.5. The van der Waals surface area contributed by atoms with E-state index in [1.54, 1.807) is 6.07 Å². The van der Waals surface area contributed by atoms with Crippen molar-refractivity contribution in [1.29, 1.82) is 0 Å². The molecule has 2 aliphatic carbocycles. The molecule has 2 heterocycles. The van der Waals surface area contributed by atoms with Gasteiger partial charge in [0.15, 0.2) is 0 Å². The second-order valence-corrected chi connectivity index (χ2v) is 8.05. The van der Waals surface area contributed by atoms with Crippen molar-refractivity contribution in [1.82, 2.24) is 0 Å². The van der Waals surface area contributed by atoms with Gasteiger partial charge in [-0.2, -0.15) is 0 Å². The number of carboxylic acids is 1. The van der Waals surface area contributed by atoms with Crippen LogP contribution in [0, 0.1) is 23.7 Å². The van der Waals surface area contributed by atoms with Crippen LogP contribution in [0.2, 0.25) is 0 Å². The molecule has 0 radical (unpaired) electrons. The zero-order valence-electron chi connectivity index (χ0n) is 15.0. The van der Waals surface area contributed by atoms with Gasteiger partial charge in [-0.15, -0.1) is 0 Å². The lowest BCUT2D eigenvalue weighted by Crippen LogP contribution is -2.37. The monoisotopic (exact) mass is 365 g/mol. The van der Waals surface area contributed by atoms with Crippen LogP contribution in [0.4, 0.5) is 11.4 Å². The number of carbonyl (C=O) groups is 3. The van der Waals surface area contributed by atoms with E-state index >= 15 is 0 Å². The van der Waals surface area contributed by atoms with Crippen LogP contribution >= 0.6 is 0 Å². The average molecular weight is 365 g/mol. The summed E-state index contributed by atoms with van der Waals surface area (Å²) < 4.78 is 0. The van der Waals surface area contributed by atoms with Gasteiger partial charge in [0.2, 0.25) is 11.8 Å². The maximum absolute atomic E-state index is 13.2. The number of anilines is 2. The number of aromatic carboxylic acids is 1. The van der Waals surface area contributed by atoms with Gasteiger partial charge < -0.3 is 14.8 Å². The summed E-state index contributed by atoms with van der Waals surface area (Å²) in [4.78, 5) is 41.2. The van der Waals surface area contributed by atoms with Gasteiger partial charge in [-0.1, -0.05) is 18.2 Å². The molecule has 5 rings (SSSR count). The maximum atomic E-state index is 13.2. The molecule has 27 heavy (non-hydrogen) atoms. The molecule has 140 valence electrons. The molecule has 1 aromatic carbocycles. The van der Waals surface area contributed by atoms with Gasteiger partial charge >= 0.3 is 0 Å². The van der Waals surface area contributed by atoms with Gasteiger partial charge in [0.05, 0.1) is 29.2 Å². The molecule has 0 aromatic heterocycles. The SMILES string of the molecule is O=C([O-])c1ccc(N2CCCCC2)c(N2C(=O)[C@@H]3[C@H](C2=O)[C@H]2C=C[C@H]3C2)c1. The number of allylic oxidation sites excluding steroid dienone is 2. The first-order valence-corrected chi connectivity index (χ1v) is 9.73. The van der Waals surface area contributed by atoms with Crippen LogP contribution in [0.15, 0.2) is 30.4 Å². The van der Waals surface area contributed by atoms with Crippen LogP contribution in [0.1, 0.15) is 36.0 Å². The first-order valence-electron chi connectivity index (χ1n) is 9.73. The average Bonchev–Trinajstić information content (AvgIpc) is 3.36. The van der Waals surface area contributed by atoms with E-state index in [-0.39, 0.29) is 41.0 Å². The Labute approximate surface area is 157 Å². The Morgan fingerprint density at radius 3 is 2.15 bits per heavy atom. The molecule has 2 saturated heterocycles. The zero-order valence-corrected chi connectivity index (χ0v) is 15.0. The summed E-state index contributed by atoms with van der Waals surface area (Å²) in [7, 11) is 0. The molecule has 2 aliphatic heterocycles. The lowest BCUT2D eigenvalue weighted by Gasteiger charge is -2.32. The predicted octanol–water partition coefficient (Wildman–Crippen LogP) is 1.35. The van der Waals surface area contributed by atoms with E-state index in [2.05, 4.69) is 17.1 Å². The number of hydrogen-bond acceptors (Lipinski definition) is 5. The lowest BCUT2D eigenvalue weighted by molar-refractivity contribution is -0.255. The fraction of sp³-hybridized carbons (Fsp3) is 0.476. The number of piperidine rings is 1. The number of fused-ring (bicyclic) bond motifs is 5. The quantitative estimate of drug-likeness (QED) is 0.597. The van der Waals surface area contributed by atoms with Crippen molar-refractivity contribution < 1.29 is 19.5 Å². The number of hydrogen-bond donors (Lipinski definition) is 0. The predicted molar refractivity (Wildman–Crippen MR) is 97.0 cm³/mol. The molecule has 2 bridgehead atoms. The molecule has 1 saturated carbocycles. The Kier molecular flexibility index (Phi) is 3.64. The normalized spacial score (nSPS) is 31.7. The van der Waals surface area contributed by atoms with E-state index in [0.29, 0.717) is 5.69 Å². The summed E-state index contributed by atoms with van der Waals surface area (Å²) in [5.74, 6) is -2.01. The first-order chi connectivity index (χ1) is 13.1. The van der Waals surface area contributed by atoms with E-state index in [9.17, 15) is 19.5 Å². The van der Waals surface area contributed by atoms with E-state index in [1.165, 1.54) is 17.0 Å². The van der Waals surface area contributed by atoms with Gasteiger partial charge in [-0.25, -0.2) is 4.90 Å². The molecule has 0 N–H and O–H groups in total. The number of imide groups is 1. The molecule has 4 aliphatic rings. The smallest absolute Gasteiger partial charge is 0.238 e. The molecular weight excluding hydrogens is 344 g/mol. The van der Waals surface area contributed by atoms with Crippen molar-refractivity contribution in [3.8, 4) is 0 Å². The van der Waals surface area contributed by atoms with Crippen molar-refractivity contribution >= 4 is 29.2 Å². The van der Waals surface area contributed by atoms with Gasteiger partial charge in [0, 0.05) is 13.1 Å². The summed E-state index contributed by atoms with van der Waals surface area (Å²) >= 11 is 0. The fourth-order valence-electron chi connectivity index (χ4n) is 5.37. The lowest BCUT2D eigenvalue weighted by atomic mass is 9.85. The highest BCUT2D eigenvalue weighted by Gasteiger charge is 2.59. The van der Waals surface area contributed by atoms with E-state index in [4.69, 9.17) is 0 Å². The number of carbonyl (C=O) groups excluding carboxylic acids is 3. The summed E-state index contributed by atoms with van der Waals surface area (Å²) in [6, 6.07) is 4.65. The summed E-state index contributed by atoms with van der Waals surface area (Å²) in [6.45, 7) is 1.68. The second kappa shape index (κ2) is 5.94. The Balaban J connectivity index is 1.59. The molecule has 1 aromatic rings. The standard InChI is InChI=1S/C21H22N2O4/c24-19-17-12-4-5-13(10-12)18(17)20(25)23(19)16-11-14(21(26)27)6-7-15(16)22-8-2-1-3-9-22/h4-7,11-13,17-18H,1-3,8-10H2,(H,26,27)/p-1/t12-,13-,17-,18+/m0/s1. The van der Waals surface area contributed by atoms with Crippen LogP contribution in [0.25, 0.3) is 0 Å². The maximum Gasteiger partial charge on any atom is 0.238 e. The van der Waals surface area contributed by atoms with Crippen molar-refractivity contribution in [2.45, 2.75) is 25.7 Å². The molecule has 2 amide bonds. The molecular formula is C21H21N2O4-. The van der Waals surface area contributed by atoms with Crippen molar-refractivity contribution in [3.05, 3.63) is 35.9 Å². The molecule has 0 spiro atoms. The van der Waals surface area contributed by atoms with Gasteiger partial charge in [0.25, 0.3) is 0 Å². The largest absolute Gasteiger partial charge is 0.545 e. The highest BCUT2D eigenvalue weighted by molar-refractivity contribution is 6.24. The molecule has 6 nitrogen and oxygen atoms in total. The Morgan fingerprint density at radius 1 is 0.926 bits per heavy atom. The summed E-state index contributed by atoms with van der Waals surface area (Å²) in [5, 5.41) is 11.4. The van der Waals surface area contributed by atoms with Crippen molar-refractivity contribution in [2.75, 3.05) is 22.9 Å². The van der Waals surface area contributed by atoms with Crippen molar-refractivity contribution in [2.24, 2.45) is 23.7 Å². The van der Waals surface area contributed by atoms with E-state index in [1.807, 2.05) is 0 Å². The fourth-order valence-corrected chi connectivity index (χ4v) is 5.37. The minimum Gasteiger partial charge on any atom is -0.545 e. The van der Waals surface area contributed by atoms with Gasteiger partial charge in [-0.3, -0.25) is 9.59 Å². The number of benzene rings is 1. The van der Waals surface area contributed by atoms with Crippen LogP contribution in [0.3, 0.4) is 0 Å². The van der Waals surface area contributed by atoms with Gasteiger partial charge in [0.1, 0.15) is 0 Å². The highest BCUT2D eigenvalue weighted by Crippen LogP contribution is 2.54. The van der Waals surface area contributed by atoms with Crippen LogP contribution < -0.4 is 14.9 Å². The van der Waals surface area contributed by atoms with Crippen LogP contribution in [-0.4, -0.2) is 30.9 Å². The van der Waals surface area contributed by atoms with Crippen LogP contribution in [0.5, 0.6) is 0 Å². The van der Waals surface area contributed by atoms with Crippen LogP contribution in [-0.2, 0) is 9.59 Å². The number of amides is 2. The highest BCUT2D eigenvalue weighted by atomic mass is 16.4. The summed E-state index contributed by atoms with van der Waals surface area (Å²) in [6.07, 6.45) is 8.24.